The highest BCUT2D eigenvalue weighted by molar-refractivity contribution is 8.00. The summed E-state index contributed by atoms with van der Waals surface area (Å²) in [4.78, 5) is 27.1. The highest BCUT2D eigenvalue weighted by Gasteiger charge is 2.34. The molecule has 0 aromatic heterocycles. The molecule has 0 saturated carbocycles. The number of anilines is 2. The number of ether oxygens (including phenoxy) is 1. The van der Waals surface area contributed by atoms with Crippen LogP contribution in [-0.2, 0) is 11.2 Å². The van der Waals surface area contributed by atoms with Crippen molar-refractivity contribution in [1.29, 1.82) is 0 Å². The highest BCUT2D eigenvalue weighted by atomic mass is 32.2. The number of amides is 2. The standard InChI is InChI=1S/C25H24N2O3S/c1-3-17-7-9-18(10-8-17)24(29)26-20-6-4-5-19(15-20)25-27(23(28)16-31-25)21-11-13-22(30-2)14-12-21/h4-15,25H,3,16H2,1-2H3,(H,26,29)/t25-/m0/s1. The van der Waals surface area contributed by atoms with Crippen molar-refractivity contribution in [3.05, 3.63) is 89.5 Å². The first-order valence-corrected chi connectivity index (χ1v) is 11.2. The molecule has 3 aromatic carbocycles. The van der Waals surface area contributed by atoms with E-state index in [2.05, 4.69) is 12.2 Å². The van der Waals surface area contributed by atoms with Gasteiger partial charge in [-0.1, -0.05) is 31.2 Å². The molecule has 2 amide bonds. The summed E-state index contributed by atoms with van der Waals surface area (Å²) in [5.41, 5.74) is 4.31. The normalized spacial score (nSPS) is 15.7. The van der Waals surface area contributed by atoms with Crippen molar-refractivity contribution in [3.63, 3.8) is 0 Å². The molecule has 1 N–H and O–H groups in total. The van der Waals surface area contributed by atoms with E-state index in [9.17, 15) is 9.59 Å². The van der Waals surface area contributed by atoms with E-state index < -0.39 is 0 Å². The highest BCUT2D eigenvalue weighted by Crippen LogP contribution is 2.42. The Morgan fingerprint density at radius 3 is 2.52 bits per heavy atom. The monoisotopic (exact) mass is 432 g/mol. The van der Waals surface area contributed by atoms with Crippen LogP contribution in [0.2, 0.25) is 0 Å². The zero-order valence-electron chi connectivity index (χ0n) is 17.5. The summed E-state index contributed by atoms with van der Waals surface area (Å²) >= 11 is 1.58. The second-order valence-corrected chi connectivity index (χ2v) is 8.32. The number of nitrogens with one attached hydrogen (secondary N) is 1. The Hall–Kier alpha value is -3.25. The molecule has 3 aromatic rings. The van der Waals surface area contributed by atoms with Crippen LogP contribution in [0, 0.1) is 0 Å². The summed E-state index contributed by atoms with van der Waals surface area (Å²) in [5.74, 6) is 1.07. The largest absolute Gasteiger partial charge is 0.497 e. The van der Waals surface area contributed by atoms with Gasteiger partial charge in [0.05, 0.1) is 12.9 Å². The maximum Gasteiger partial charge on any atom is 0.255 e. The molecule has 5 nitrogen and oxygen atoms in total. The van der Waals surface area contributed by atoms with Crippen LogP contribution in [0.1, 0.15) is 33.8 Å². The van der Waals surface area contributed by atoms with Crippen molar-refractivity contribution >= 4 is 35.0 Å². The molecule has 4 rings (SSSR count). The molecule has 0 spiro atoms. The number of hydrogen-bond donors (Lipinski definition) is 1. The Kier molecular flexibility index (Phi) is 6.28. The van der Waals surface area contributed by atoms with E-state index >= 15 is 0 Å². The fourth-order valence-corrected chi connectivity index (χ4v) is 4.72. The first-order valence-electron chi connectivity index (χ1n) is 10.2. The Morgan fingerprint density at radius 1 is 1.10 bits per heavy atom. The molecular weight excluding hydrogens is 408 g/mol. The van der Waals surface area contributed by atoms with Gasteiger partial charge in [-0.05, 0) is 66.1 Å². The smallest absolute Gasteiger partial charge is 0.255 e. The molecule has 1 saturated heterocycles. The van der Waals surface area contributed by atoms with Gasteiger partial charge >= 0.3 is 0 Å². The van der Waals surface area contributed by atoms with Gasteiger partial charge in [0.25, 0.3) is 5.91 Å². The average Bonchev–Trinajstić information content (AvgIpc) is 3.20. The first kappa shape index (κ1) is 21.0. The van der Waals surface area contributed by atoms with Crippen molar-refractivity contribution < 1.29 is 14.3 Å². The molecule has 1 fully saturated rings. The second-order valence-electron chi connectivity index (χ2n) is 7.26. The fraction of sp³-hybridized carbons (Fsp3) is 0.200. The summed E-state index contributed by atoms with van der Waals surface area (Å²) in [6, 6.07) is 22.8. The van der Waals surface area contributed by atoms with Crippen LogP contribution in [-0.4, -0.2) is 24.7 Å². The van der Waals surface area contributed by atoms with Gasteiger partial charge in [0, 0.05) is 16.9 Å². The van der Waals surface area contributed by atoms with Crippen molar-refractivity contribution in [3.8, 4) is 5.75 Å². The van der Waals surface area contributed by atoms with Crippen LogP contribution in [0.25, 0.3) is 0 Å². The molecule has 31 heavy (non-hydrogen) atoms. The second kappa shape index (κ2) is 9.27. The Balaban J connectivity index is 1.54. The molecule has 0 radical (unpaired) electrons. The summed E-state index contributed by atoms with van der Waals surface area (Å²) in [6.45, 7) is 2.08. The topological polar surface area (TPSA) is 58.6 Å². The summed E-state index contributed by atoms with van der Waals surface area (Å²) in [7, 11) is 1.62. The van der Waals surface area contributed by atoms with Crippen molar-refractivity contribution in [2.24, 2.45) is 0 Å². The number of aryl methyl sites for hydroxylation is 1. The quantitative estimate of drug-likeness (QED) is 0.575. The summed E-state index contributed by atoms with van der Waals surface area (Å²) < 4.78 is 5.22. The van der Waals surface area contributed by atoms with Crippen molar-refractivity contribution in [1.82, 2.24) is 0 Å². The third kappa shape index (κ3) is 4.59. The van der Waals surface area contributed by atoms with Crippen LogP contribution < -0.4 is 15.0 Å². The lowest BCUT2D eigenvalue weighted by Gasteiger charge is -2.25. The minimum Gasteiger partial charge on any atom is -0.497 e. The van der Waals surface area contributed by atoms with Crippen LogP contribution in [0.4, 0.5) is 11.4 Å². The van der Waals surface area contributed by atoms with Gasteiger partial charge in [-0.2, -0.15) is 0 Å². The van der Waals surface area contributed by atoms with Gasteiger partial charge in [-0.25, -0.2) is 0 Å². The molecule has 0 unspecified atom stereocenters. The van der Waals surface area contributed by atoms with Crippen LogP contribution in [0.15, 0.2) is 72.8 Å². The molecule has 6 heteroatoms. The molecule has 1 aliphatic heterocycles. The van der Waals surface area contributed by atoms with E-state index in [0.29, 0.717) is 17.0 Å². The van der Waals surface area contributed by atoms with E-state index in [4.69, 9.17) is 4.74 Å². The van der Waals surface area contributed by atoms with E-state index in [0.717, 1.165) is 23.4 Å². The third-order valence-corrected chi connectivity index (χ3v) is 6.48. The average molecular weight is 433 g/mol. The minimum atomic E-state index is -0.151. The minimum absolute atomic E-state index is 0.0608. The van der Waals surface area contributed by atoms with E-state index in [1.54, 1.807) is 23.8 Å². The van der Waals surface area contributed by atoms with E-state index in [-0.39, 0.29) is 17.2 Å². The predicted molar refractivity (Wildman–Crippen MR) is 126 cm³/mol. The number of carbonyl (C=O) groups excluding carboxylic acids is 2. The lowest BCUT2D eigenvalue weighted by Crippen LogP contribution is -2.27. The molecule has 0 aliphatic carbocycles. The zero-order chi connectivity index (χ0) is 21.8. The van der Waals surface area contributed by atoms with Gasteiger partial charge in [-0.15, -0.1) is 11.8 Å². The van der Waals surface area contributed by atoms with Gasteiger partial charge < -0.3 is 10.1 Å². The predicted octanol–water partition coefficient (Wildman–Crippen LogP) is 5.29. The van der Waals surface area contributed by atoms with Gasteiger partial charge in [0.1, 0.15) is 11.1 Å². The van der Waals surface area contributed by atoms with E-state index in [1.807, 2.05) is 72.8 Å². The fourth-order valence-electron chi connectivity index (χ4n) is 3.56. The number of nitrogens with zero attached hydrogens (tertiary/aromatic N) is 1. The molecular formula is C25H24N2O3S. The SMILES string of the molecule is CCc1ccc(C(=O)Nc2cccc([C@@H]3SCC(=O)N3c3ccc(OC)cc3)c2)cc1. The molecule has 1 aliphatic rings. The summed E-state index contributed by atoms with van der Waals surface area (Å²) in [5, 5.41) is 2.82. The lowest BCUT2D eigenvalue weighted by molar-refractivity contribution is -0.115. The number of carbonyl (C=O) groups is 2. The van der Waals surface area contributed by atoms with Gasteiger partial charge in [-0.3, -0.25) is 14.5 Å². The van der Waals surface area contributed by atoms with Crippen molar-refractivity contribution in [2.75, 3.05) is 23.1 Å². The van der Waals surface area contributed by atoms with Crippen molar-refractivity contribution in [2.45, 2.75) is 18.7 Å². The Morgan fingerprint density at radius 2 is 1.84 bits per heavy atom. The lowest BCUT2D eigenvalue weighted by atomic mass is 10.1. The van der Waals surface area contributed by atoms with Crippen LogP contribution in [0.5, 0.6) is 5.75 Å². The van der Waals surface area contributed by atoms with Gasteiger partial charge in [0.15, 0.2) is 0 Å². The number of benzene rings is 3. The van der Waals surface area contributed by atoms with Crippen LogP contribution in [0.3, 0.4) is 0 Å². The first-order chi connectivity index (χ1) is 15.1. The van der Waals surface area contributed by atoms with E-state index in [1.165, 1.54) is 5.56 Å². The van der Waals surface area contributed by atoms with Gasteiger partial charge in [0.2, 0.25) is 5.91 Å². The number of methoxy groups -OCH3 is 1. The molecule has 158 valence electrons. The number of rotatable bonds is 6. The molecule has 1 atom stereocenters. The third-order valence-electron chi connectivity index (χ3n) is 5.27. The Labute approximate surface area is 186 Å². The zero-order valence-corrected chi connectivity index (χ0v) is 18.3. The summed E-state index contributed by atoms with van der Waals surface area (Å²) in [6.07, 6.45) is 0.937. The Bertz CT molecular complexity index is 1080. The number of thioether (sulfide) groups is 1. The molecule has 1 heterocycles. The maximum absolute atomic E-state index is 12.7. The van der Waals surface area contributed by atoms with Crippen LogP contribution >= 0.6 is 11.8 Å². The maximum atomic E-state index is 12.7. The number of hydrogen-bond acceptors (Lipinski definition) is 4. The molecule has 0 bridgehead atoms.